The summed E-state index contributed by atoms with van der Waals surface area (Å²) in [6.45, 7) is 0. The number of fused-ring (bicyclic) bond motifs is 1. The monoisotopic (exact) mass is 140 g/mol. The molecule has 0 heterocycles. The van der Waals surface area contributed by atoms with Crippen molar-refractivity contribution < 1.29 is 5.11 Å². The second kappa shape index (κ2) is 2.54. The maximum Gasteiger partial charge on any atom is 0.0540 e. The van der Waals surface area contributed by atoms with Gasteiger partial charge >= 0.3 is 0 Å². The van der Waals surface area contributed by atoms with Gasteiger partial charge in [0, 0.05) is 0 Å². The van der Waals surface area contributed by atoms with E-state index >= 15 is 0 Å². The molecule has 3 atom stereocenters. The summed E-state index contributed by atoms with van der Waals surface area (Å²) in [5.74, 6) is 2.07. The van der Waals surface area contributed by atoms with E-state index in [-0.39, 0.29) is 6.10 Å². The van der Waals surface area contributed by atoms with Crippen LogP contribution in [-0.4, -0.2) is 11.2 Å². The highest BCUT2D eigenvalue weighted by molar-refractivity contribution is 4.88. The van der Waals surface area contributed by atoms with Gasteiger partial charge in [0.25, 0.3) is 0 Å². The number of hydrogen-bond acceptors (Lipinski definition) is 1. The zero-order valence-corrected chi connectivity index (χ0v) is 6.42. The molecule has 0 radical (unpaired) electrons. The largest absolute Gasteiger partial charge is 0.393 e. The zero-order chi connectivity index (χ0) is 6.97. The third-order valence-corrected chi connectivity index (χ3v) is 3.05. The molecule has 2 aliphatic rings. The van der Waals surface area contributed by atoms with Crippen LogP contribution in [0.1, 0.15) is 38.5 Å². The summed E-state index contributed by atoms with van der Waals surface area (Å²) in [6.07, 6.45) is 7.58. The first kappa shape index (κ1) is 6.66. The molecular weight excluding hydrogens is 124 g/mol. The van der Waals surface area contributed by atoms with Crippen LogP contribution in [0.25, 0.3) is 0 Å². The molecule has 10 heavy (non-hydrogen) atoms. The minimum atomic E-state index is 0.0292. The van der Waals surface area contributed by atoms with Crippen molar-refractivity contribution in [1.29, 1.82) is 0 Å². The molecule has 2 aliphatic carbocycles. The Morgan fingerprint density at radius 2 is 1.70 bits per heavy atom. The lowest BCUT2D eigenvalue weighted by molar-refractivity contribution is 0.140. The summed E-state index contributed by atoms with van der Waals surface area (Å²) < 4.78 is 0. The van der Waals surface area contributed by atoms with E-state index in [1.54, 1.807) is 0 Å². The first-order valence-electron chi connectivity index (χ1n) is 4.54. The molecule has 0 saturated heterocycles. The van der Waals surface area contributed by atoms with Crippen molar-refractivity contribution >= 4 is 0 Å². The molecule has 0 aromatic carbocycles. The third-order valence-electron chi connectivity index (χ3n) is 3.05. The van der Waals surface area contributed by atoms with Crippen LogP contribution in [0.2, 0.25) is 0 Å². The van der Waals surface area contributed by atoms with Crippen LogP contribution in [-0.2, 0) is 0 Å². The summed E-state index contributed by atoms with van der Waals surface area (Å²) in [5, 5.41) is 9.35. The Morgan fingerprint density at radius 1 is 0.900 bits per heavy atom. The third kappa shape index (κ3) is 1.34. The number of hydrogen-bond donors (Lipinski definition) is 1. The fourth-order valence-electron chi connectivity index (χ4n) is 2.18. The van der Waals surface area contributed by atoms with Crippen molar-refractivity contribution in [1.82, 2.24) is 0 Å². The summed E-state index contributed by atoms with van der Waals surface area (Å²) >= 11 is 0. The minimum Gasteiger partial charge on any atom is -0.393 e. The molecule has 2 saturated carbocycles. The van der Waals surface area contributed by atoms with Gasteiger partial charge in [-0.25, -0.2) is 0 Å². The van der Waals surface area contributed by atoms with Gasteiger partial charge in [-0.1, -0.05) is 12.8 Å². The molecular formula is C9H16O. The minimum absolute atomic E-state index is 0.0292. The van der Waals surface area contributed by atoms with Crippen LogP contribution in [0.15, 0.2) is 0 Å². The first-order chi connectivity index (χ1) is 4.86. The van der Waals surface area contributed by atoms with Crippen LogP contribution >= 0.6 is 0 Å². The topological polar surface area (TPSA) is 20.2 Å². The first-order valence-corrected chi connectivity index (χ1v) is 4.54. The standard InChI is InChI=1S/C9H16O/c10-9-3-1-2-7-6-8(7)4-5-9/h7-10H,1-6H2/t7-,8+,9?/m1/s1. The van der Waals surface area contributed by atoms with Gasteiger partial charge in [0.05, 0.1) is 6.10 Å². The molecule has 0 aliphatic heterocycles. The van der Waals surface area contributed by atoms with E-state index in [2.05, 4.69) is 0 Å². The van der Waals surface area contributed by atoms with E-state index in [1.807, 2.05) is 0 Å². The lowest BCUT2D eigenvalue weighted by Gasteiger charge is -2.12. The fourth-order valence-corrected chi connectivity index (χ4v) is 2.18. The highest BCUT2D eigenvalue weighted by Crippen LogP contribution is 2.47. The summed E-state index contributed by atoms with van der Waals surface area (Å²) in [6, 6.07) is 0. The van der Waals surface area contributed by atoms with Crippen molar-refractivity contribution in [2.24, 2.45) is 11.8 Å². The maximum absolute atomic E-state index is 9.35. The van der Waals surface area contributed by atoms with Gasteiger partial charge in [0.15, 0.2) is 0 Å². The van der Waals surface area contributed by atoms with Gasteiger partial charge in [0.1, 0.15) is 0 Å². The second-order valence-corrected chi connectivity index (χ2v) is 3.92. The van der Waals surface area contributed by atoms with Crippen LogP contribution in [0.5, 0.6) is 0 Å². The Kier molecular flexibility index (Phi) is 1.69. The summed E-state index contributed by atoms with van der Waals surface area (Å²) in [7, 11) is 0. The Bertz CT molecular complexity index is 120. The van der Waals surface area contributed by atoms with E-state index in [0.717, 1.165) is 24.7 Å². The van der Waals surface area contributed by atoms with Gasteiger partial charge in [-0.2, -0.15) is 0 Å². The van der Waals surface area contributed by atoms with Crippen LogP contribution in [0, 0.1) is 11.8 Å². The number of aliphatic hydroxyl groups excluding tert-OH is 1. The molecule has 2 rings (SSSR count). The van der Waals surface area contributed by atoms with Crippen molar-refractivity contribution in [3.05, 3.63) is 0 Å². The molecule has 1 unspecified atom stereocenters. The lowest BCUT2D eigenvalue weighted by Crippen LogP contribution is -2.08. The molecule has 0 bridgehead atoms. The quantitative estimate of drug-likeness (QED) is 0.545. The molecule has 0 aromatic rings. The fraction of sp³-hybridized carbons (Fsp3) is 1.00. The summed E-state index contributed by atoms with van der Waals surface area (Å²) in [4.78, 5) is 0. The van der Waals surface area contributed by atoms with E-state index in [4.69, 9.17) is 0 Å². The van der Waals surface area contributed by atoms with Crippen molar-refractivity contribution in [2.45, 2.75) is 44.6 Å². The van der Waals surface area contributed by atoms with Crippen LogP contribution in [0.4, 0.5) is 0 Å². The molecule has 1 heteroatoms. The SMILES string of the molecule is OC1CCC[C@@H]2C[C@@H]2CC1. The van der Waals surface area contributed by atoms with Crippen LogP contribution < -0.4 is 0 Å². The average molecular weight is 140 g/mol. The lowest BCUT2D eigenvalue weighted by atomic mass is 9.99. The predicted molar refractivity (Wildman–Crippen MR) is 40.7 cm³/mol. The molecule has 58 valence electrons. The number of aliphatic hydroxyl groups is 1. The smallest absolute Gasteiger partial charge is 0.0540 e. The second-order valence-electron chi connectivity index (χ2n) is 3.92. The molecule has 1 N–H and O–H groups in total. The Morgan fingerprint density at radius 3 is 2.60 bits per heavy atom. The van der Waals surface area contributed by atoms with Gasteiger partial charge in [-0.3, -0.25) is 0 Å². The predicted octanol–water partition coefficient (Wildman–Crippen LogP) is 1.95. The Balaban J connectivity index is 1.83. The van der Waals surface area contributed by atoms with E-state index in [1.165, 1.54) is 25.7 Å². The van der Waals surface area contributed by atoms with Gasteiger partial charge in [-0.15, -0.1) is 0 Å². The van der Waals surface area contributed by atoms with Crippen molar-refractivity contribution in [3.63, 3.8) is 0 Å². The highest BCUT2D eigenvalue weighted by Gasteiger charge is 2.37. The van der Waals surface area contributed by atoms with Gasteiger partial charge < -0.3 is 5.11 Å². The number of rotatable bonds is 0. The Hall–Kier alpha value is -0.0400. The molecule has 0 spiro atoms. The summed E-state index contributed by atoms with van der Waals surface area (Å²) in [5.41, 5.74) is 0. The van der Waals surface area contributed by atoms with Gasteiger partial charge in [0.2, 0.25) is 0 Å². The van der Waals surface area contributed by atoms with Crippen molar-refractivity contribution in [2.75, 3.05) is 0 Å². The van der Waals surface area contributed by atoms with Gasteiger partial charge in [-0.05, 0) is 37.5 Å². The zero-order valence-electron chi connectivity index (χ0n) is 6.42. The highest BCUT2D eigenvalue weighted by atomic mass is 16.3. The molecule has 2 fully saturated rings. The van der Waals surface area contributed by atoms with E-state index in [0.29, 0.717) is 0 Å². The molecule has 0 amide bonds. The van der Waals surface area contributed by atoms with Crippen LogP contribution in [0.3, 0.4) is 0 Å². The van der Waals surface area contributed by atoms with E-state index < -0.39 is 0 Å². The Labute approximate surface area is 62.4 Å². The normalized spacial score (nSPS) is 47.1. The molecule has 1 nitrogen and oxygen atoms in total. The average Bonchev–Trinajstić information content (AvgIpc) is 2.59. The molecule has 0 aromatic heterocycles. The van der Waals surface area contributed by atoms with E-state index in [9.17, 15) is 5.11 Å². The van der Waals surface area contributed by atoms with Crippen molar-refractivity contribution in [3.8, 4) is 0 Å². The maximum atomic E-state index is 9.35.